The van der Waals surface area contributed by atoms with E-state index in [2.05, 4.69) is 10.3 Å². The molecule has 1 aromatic carbocycles. The maximum Gasteiger partial charge on any atom is 0.309 e. The summed E-state index contributed by atoms with van der Waals surface area (Å²) in [5.41, 5.74) is 2.20. The third-order valence-corrected chi connectivity index (χ3v) is 3.56. The molecule has 20 heavy (non-hydrogen) atoms. The Morgan fingerprint density at radius 2 is 2.00 bits per heavy atom. The van der Waals surface area contributed by atoms with Crippen LogP contribution < -0.4 is 5.32 Å². The number of nitrogens with zero attached hydrogens (tertiary/aromatic N) is 1. The van der Waals surface area contributed by atoms with Gasteiger partial charge in [0.2, 0.25) is 5.91 Å². The fourth-order valence-corrected chi connectivity index (χ4v) is 2.45. The number of thiazole rings is 1. The van der Waals surface area contributed by atoms with Gasteiger partial charge in [-0.25, -0.2) is 4.98 Å². The molecule has 0 spiro atoms. The predicted octanol–water partition coefficient (Wildman–Crippen LogP) is 2.79. The van der Waals surface area contributed by atoms with E-state index in [0.29, 0.717) is 12.1 Å². The highest BCUT2D eigenvalue weighted by Crippen LogP contribution is 2.25. The van der Waals surface area contributed by atoms with Gasteiger partial charge in [-0.2, -0.15) is 0 Å². The molecule has 0 saturated carbocycles. The molecule has 2 aromatic rings. The van der Waals surface area contributed by atoms with Crippen LogP contribution in [0.2, 0.25) is 0 Å². The Balaban J connectivity index is 2.11. The first-order valence-corrected chi connectivity index (χ1v) is 7.03. The molecule has 0 radical (unpaired) electrons. The fraction of sp³-hybridized carbons (Fsp3) is 0.214. The molecule has 0 saturated heterocycles. The van der Waals surface area contributed by atoms with Crippen LogP contribution in [0.15, 0.2) is 29.6 Å². The molecule has 1 amide bonds. The highest BCUT2D eigenvalue weighted by atomic mass is 32.1. The van der Waals surface area contributed by atoms with Crippen molar-refractivity contribution >= 4 is 28.9 Å². The van der Waals surface area contributed by atoms with E-state index in [4.69, 9.17) is 5.11 Å². The maximum absolute atomic E-state index is 11.3. The molecule has 0 atom stereocenters. The number of aromatic nitrogens is 1. The van der Waals surface area contributed by atoms with Crippen LogP contribution in [0.5, 0.6) is 0 Å². The second-order valence-electron chi connectivity index (χ2n) is 4.19. The number of hydrogen-bond donors (Lipinski definition) is 2. The highest BCUT2D eigenvalue weighted by molar-refractivity contribution is 7.13. The fourth-order valence-electron chi connectivity index (χ4n) is 1.62. The standard InChI is InChI=1S/C14H14N2O3S/c1-2-12(17)15-10-5-3-9(4-6-10)14-16-11(8-20-14)7-13(18)19/h3-6,8H,2,7H2,1H3,(H,15,17)(H,18,19). The van der Waals surface area contributed by atoms with Crippen molar-refractivity contribution in [1.82, 2.24) is 4.98 Å². The summed E-state index contributed by atoms with van der Waals surface area (Å²) < 4.78 is 0. The van der Waals surface area contributed by atoms with Gasteiger partial charge < -0.3 is 10.4 Å². The minimum absolute atomic E-state index is 0.0317. The number of benzene rings is 1. The zero-order valence-electron chi connectivity index (χ0n) is 10.9. The lowest BCUT2D eigenvalue weighted by atomic mass is 10.2. The Kier molecular flexibility index (Phi) is 4.47. The van der Waals surface area contributed by atoms with Crippen molar-refractivity contribution in [3.8, 4) is 10.6 Å². The van der Waals surface area contributed by atoms with E-state index >= 15 is 0 Å². The summed E-state index contributed by atoms with van der Waals surface area (Å²) in [6.07, 6.45) is 0.369. The molecule has 0 fully saturated rings. The van der Waals surface area contributed by atoms with E-state index in [1.54, 1.807) is 24.4 Å². The van der Waals surface area contributed by atoms with Crippen LogP contribution in [-0.4, -0.2) is 22.0 Å². The molecule has 6 heteroatoms. The highest BCUT2D eigenvalue weighted by Gasteiger charge is 2.08. The van der Waals surface area contributed by atoms with Gasteiger partial charge in [0.15, 0.2) is 0 Å². The molecule has 1 heterocycles. The molecular formula is C14H14N2O3S. The first kappa shape index (κ1) is 14.2. The number of carboxylic acids is 1. The summed E-state index contributed by atoms with van der Waals surface area (Å²) in [4.78, 5) is 26.2. The Hall–Kier alpha value is -2.21. The Morgan fingerprint density at radius 3 is 2.60 bits per heavy atom. The zero-order valence-corrected chi connectivity index (χ0v) is 11.7. The summed E-state index contributed by atoms with van der Waals surface area (Å²) in [5, 5.41) is 14.0. The average molecular weight is 290 g/mol. The molecule has 2 rings (SSSR count). The van der Waals surface area contributed by atoms with E-state index in [1.807, 2.05) is 12.1 Å². The third kappa shape index (κ3) is 3.64. The summed E-state index contributed by atoms with van der Waals surface area (Å²) in [7, 11) is 0. The van der Waals surface area contributed by atoms with Gasteiger partial charge in [0.05, 0.1) is 12.1 Å². The molecule has 1 aromatic heterocycles. The van der Waals surface area contributed by atoms with E-state index in [-0.39, 0.29) is 12.3 Å². The monoisotopic (exact) mass is 290 g/mol. The van der Waals surface area contributed by atoms with E-state index in [0.717, 1.165) is 16.3 Å². The average Bonchev–Trinajstić information content (AvgIpc) is 2.87. The van der Waals surface area contributed by atoms with Gasteiger partial charge in [-0.3, -0.25) is 9.59 Å². The SMILES string of the molecule is CCC(=O)Nc1ccc(-c2nc(CC(=O)O)cs2)cc1. The van der Waals surface area contributed by atoms with Gasteiger partial charge in [-0.05, 0) is 24.3 Å². The molecule has 0 bridgehead atoms. The number of rotatable bonds is 5. The van der Waals surface area contributed by atoms with Crippen LogP contribution in [0.3, 0.4) is 0 Å². The van der Waals surface area contributed by atoms with Gasteiger partial charge in [0.25, 0.3) is 0 Å². The largest absolute Gasteiger partial charge is 0.481 e. The maximum atomic E-state index is 11.3. The number of carboxylic acid groups (broad SMARTS) is 1. The van der Waals surface area contributed by atoms with Crippen LogP contribution in [-0.2, 0) is 16.0 Å². The zero-order chi connectivity index (χ0) is 14.5. The summed E-state index contributed by atoms with van der Waals surface area (Å²) in [6.45, 7) is 1.79. The Morgan fingerprint density at radius 1 is 1.30 bits per heavy atom. The Bertz CT molecular complexity index is 620. The molecule has 0 aliphatic rings. The van der Waals surface area contributed by atoms with E-state index in [1.165, 1.54) is 11.3 Å². The van der Waals surface area contributed by atoms with Gasteiger partial charge in [0, 0.05) is 23.1 Å². The smallest absolute Gasteiger partial charge is 0.309 e. The molecule has 0 aliphatic carbocycles. The lowest BCUT2D eigenvalue weighted by Gasteiger charge is -2.03. The minimum Gasteiger partial charge on any atom is -0.481 e. The Labute approximate surface area is 120 Å². The number of nitrogens with one attached hydrogen (secondary N) is 1. The van der Waals surface area contributed by atoms with Crippen molar-refractivity contribution in [3.05, 3.63) is 35.3 Å². The first-order valence-electron chi connectivity index (χ1n) is 6.15. The van der Waals surface area contributed by atoms with Gasteiger partial charge in [-0.1, -0.05) is 6.92 Å². The van der Waals surface area contributed by atoms with Crippen molar-refractivity contribution in [2.24, 2.45) is 0 Å². The van der Waals surface area contributed by atoms with Gasteiger partial charge >= 0.3 is 5.97 Å². The number of anilines is 1. The van der Waals surface area contributed by atoms with Crippen LogP contribution in [0, 0.1) is 0 Å². The number of aliphatic carboxylic acids is 1. The molecule has 0 aliphatic heterocycles. The summed E-state index contributed by atoms with van der Waals surface area (Å²) >= 11 is 1.41. The van der Waals surface area contributed by atoms with Crippen molar-refractivity contribution < 1.29 is 14.7 Å². The third-order valence-electron chi connectivity index (χ3n) is 2.62. The molecule has 0 unspecified atom stereocenters. The minimum atomic E-state index is -0.889. The van der Waals surface area contributed by atoms with Crippen LogP contribution in [0.4, 0.5) is 5.69 Å². The summed E-state index contributed by atoms with van der Waals surface area (Å²) in [6, 6.07) is 7.33. The van der Waals surface area contributed by atoms with Crippen molar-refractivity contribution in [2.45, 2.75) is 19.8 Å². The molecule has 104 valence electrons. The predicted molar refractivity (Wildman–Crippen MR) is 77.8 cm³/mol. The van der Waals surface area contributed by atoms with Gasteiger partial charge in [-0.15, -0.1) is 11.3 Å². The molecule has 5 nitrogen and oxygen atoms in total. The van der Waals surface area contributed by atoms with Crippen molar-refractivity contribution in [3.63, 3.8) is 0 Å². The summed E-state index contributed by atoms with van der Waals surface area (Å²) in [5.74, 6) is -0.921. The second-order valence-corrected chi connectivity index (χ2v) is 5.05. The lowest BCUT2D eigenvalue weighted by Crippen LogP contribution is -2.08. The molecular weight excluding hydrogens is 276 g/mol. The topological polar surface area (TPSA) is 79.3 Å². The van der Waals surface area contributed by atoms with Crippen LogP contribution in [0.1, 0.15) is 19.0 Å². The van der Waals surface area contributed by atoms with E-state index < -0.39 is 5.97 Å². The van der Waals surface area contributed by atoms with Gasteiger partial charge in [0.1, 0.15) is 5.01 Å². The number of carbonyl (C=O) groups excluding carboxylic acids is 1. The van der Waals surface area contributed by atoms with Crippen molar-refractivity contribution in [2.75, 3.05) is 5.32 Å². The number of amides is 1. The lowest BCUT2D eigenvalue weighted by molar-refractivity contribution is -0.136. The van der Waals surface area contributed by atoms with Crippen LogP contribution >= 0.6 is 11.3 Å². The number of hydrogen-bond acceptors (Lipinski definition) is 4. The quantitative estimate of drug-likeness (QED) is 0.887. The van der Waals surface area contributed by atoms with E-state index in [9.17, 15) is 9.59 Å². The second kappa shape index (κ2) is 6.29. The normalized spacial score (nSPS) is 10.2. The molecule has 2 N–H and O–H groups in total. The first-order chi connectivity index (χ1) is 9.58. The van der Waals surface area contributed by atoms with Crippen molar-refractivity contribution in [1.29, 1.82) is 0 Å². The van der Waals surface area contributed by atoms with Crippen LogP contribution in [0.25, 0.3) is 10.6 Å². The number of carbonyl (C=O) groups is 2.